The number of rotatable bonds is 3. The second-order valence-corrected chi connectivity index (χ2v) is 5.33. The fourth-order valence-electron chi connectivity index (χ4n) is 2.29. The Morgan fingerprint density at radius 2 is 2.04 bits per heavy atom. The number of tetrazole rings is 1. The van der Waals surface area contributed by atoms with Crippen LogP contribution in [-0.4, -0.2) is 25.4 Å². The van der Waals surface area contributed by atoms with E-state index in [-0.39, 0.29) is 11.0 Å². The van der Waals surface area contributed by atoms with Crippen LogP contribution in [0.3, 0.4) is 0 Å². The molecule has 0 atom stereocenters. The van der Waals surface area contributed by atoms with E-state index in [1.54, 1.807) is 37.4 Å². The van der Waals surface area contributed by atoms with Gasteiger partial charge in [-0.1, -0.05) is 34.0 Å². The Bertz CT molecular complexity index is 1050. The minimum Gasteiger partial charge on any atom is -0.422 e. The first-order valence-electron chi connectivity index (χ1n) is 6.88. The predicted octanol–water partition coefficient (Wildman–Crippen LogP) is 3.60. The van der Waals surface area contributed by atoms with Gasteiger partial charge in [-0.25, -0.2) is 4.39 Å². The van der Waals surface area contributed by atoms with Crippen LogP contribution in [0.1, 0.15) is 0 Å². The highest BCUT2D eigenvalue weighted by molar-refractivity contribution is 6.36. The molecule has 24 heavy (non-hydrogen) atoms. The number of benzene rings is 2. The number of fused-ring (bicyclic) bond motifs is 1. The average Bonchev–Trinajstić information content (AvgIpc) is 3.18. The van der Waals surface area contributed by atoms with Crippen LogP contribution in [0.4, 0.5) is 4.39 Å². The fourth-order valence-corrected chi connectivity index (χ4v) is 2.52. The SMILES string of the molecule is Cn1nnnc1Oc1ccc2c(-c3ccccc3F)noc2c1Cl. The van der Waals surface area contributed by atoms with E-state index >= 15 is 0 Å². The van der Waals surface area contributed by atoms with Crippen molar-refractivity contribution >= 4 is 22.6 Å². The van der Waals surface area contributed by atoms with Gasteiger partial charge in [0, 0.05) is 12.6 Å². The number of hydrogen-bond acceptors (Lipinski definition) is 6. The topological polar surface area (TPSA) is 78.9 Å². The van der Waals surface area contributed by atoms with Gasteiger partial charge < -0.3 is 9.26 Å². The maximum Gasteiger partial charge on any atom is 0.340 e. The van der Waals surface area contributed by atoms with Crippen LogP contribution in [-0.2, 0) is 7.05 Å². The van der Waals surface area contributed by atoms with E-state index in [0.29, 0.717) is 28.0 Å². The molecule has 0 spiro atoms. The Morgan fingerprint density at radius 3 is 2.79 bits per heavy atom. The monoisotopic (exact) mass is 345 g/mol. The Kier molecular flexibility index (Phi) is 3.39. The molecular weight excluding hydrogens is 337 g/mol. The van der Waals surface area contributed by atoms with Gasteiger partial charge >= 0.3 is 6.01 Å². The normalized spacial score (nSPS) is 11.1. The highest BCUT2D eigenvalue weighted by atomic mass is 35.5. The van der Waals surface area contributed by atoms with Gasteiger partial charge in [-0.2, -0.15) is 4.68 Å². The lowest BCUT2D eigenvalue weighted by atomic mass is 10.1. The molecule has 0 aliphatic rings. The highest BCUT2D eigenvalue weighted by Gasteiger charge is 2.19. The van der Waals surface area contributed by atoms with Crippen LogP contribution in [0, 0.1) is 5.82 Å². The Hall–Kier alpha value is -3.00. The van der Waals surface area contributed by atoms with Crippen LogP contribution >= 0.6 is 11.6 Å². The van der Waals surface area contributed by atoms with Gasteiger partial charge in [-0.05, 0) is 34.7 Å². The molecule has 0 saturated carbocycles. The van der Waals surface area contributed by atoms with E-state index in [1.165, 1.54) is 10.7 Å². The number of halogens is 2. The Balaban J connectivity index is 1.81. The van der Waals surface area contributed by atoms with Gasteiger partial charge in [0.1, 0.15) is 16.5 Å². The van der Waals surface area contributed by atoms with Gasteiger partial charge in [-0.15, -0.1) is 0 Å². The maximum atomic E-state index is 14.0. The molecule has 0 fully saturated rings. The zero-order chi connectivity index (χ0) is 16.7. The van der Waals surface area contributed by atoms with Crippen molar-refractivity contribution < 1.29 is 13.7 Å². The molecule has 0 unspecified atom stereocenters. The predicted molar refractivity (Wildman–Crippen MR) is 83.3 cm³/mol. The molecule has 4 rings (SSSR count). The third-order valence-electron chi connectivity index (χ3n) is 3.46. The minimum absolute atomic E-state index is 0.171. The standard InChI is InChI=1S/C15H9ClFN5O2/c1-22-15(18-20-21-22)23-11-7-6-9-13(19-24-14(9)12(11)16)8-4-2-3-5-10(8)17/h2-7H,1H3. The van der Waals surface area contributed by atoms with Gasteiger partial charge in [0.15, 0.2) is 11.3 Å². The lowest BCUT2D eigenvalue weighted by molar-refractivity contribution is 0.412. The van der Waals surface area contributed by atoms with Crippen molar-refractivity contribution in [2.45, 2.75) is 0 Å². The molecule has 9 heteroatoms. The van der Waals surface area contributed by atoms with Crippen molar-refractivity contribution in [1.29, 1.82) is 0 Å². The quantitative estimate of drug-likeness (QED) is 0.564. The zero-order valence-electron chi connectivity index (χ0n) is 12.3. The van der Waals surface area contributed by atoms with Gasteiger partial charge in [-0.3, -0.25) is 0 Å². The fraction of sp³-hybridized carbons (Fsp3) is 0.0667. The van der Waals surface area contributed by atoms with E-state index in [9.17, 15) is 4.39 Å². The summed E-state index contributed by atoms with van der Waals surface area (Å²) in [6.07, 6.45) is 0. The van der Waals surface area contributed by atoms with E-state index in [4.69, 9.17) is 20.9 Å². The Labute approximate surface area is 139 Å². The molecule has 0 saturated heterocycles. The Morgan fingerprint density at radius 1 is 1.21 bits per heavy atom. The van der Waals surface area contributed by atoms with Crippen LogP contribution < -0.4 is 4.74 Å². The molecule has 2 aromatic heterocycles. The third kappa shape index (κ3) is 2.28. The van der Waals surface area contributed by atoms with Gasteiger partial charge in [0.05, 0.1) is 5.39 Å². The van der Waals surface area contributed by atoms with Crippen LogP contribution in [0.15, 0.2) is 40.9 Å². The van der Waals surface area contributed by atoms with Crippen molar-refractivity contribution in [3.63, 3.8) is 0 Å². The molecule has 0 aliphatic heterocycles. The maximum absolute atomic E-state index is 14.0. The second kappa shape index (κ2) is 5.57. The molecule has 2 heterocycles. The molecule has 0 amide bonds. The zero-order valence-corrected chi connectivity index (χ0v) is 13.0. The number of hydrogen-bond donors (Lipinski definition) is 0. The number of aromatic nitrogens is 5. The number of nitrogens with zero attached hydrogens (tertiary/aromatic N) is 5. The van der Waals surface area contributed by atoms with Crippen LogP contribution in [0.25, 0.3) is 22.2 Å². The lowest BCUT2D eigenvalue weighted by Crippen LogP contribution is -1.96. The van der Waals surface area contributed by atoms with Crippen LogP contribution in [0.5, 0.6) is 11.8 Å². The summed E-state index contributed by atoms with van der Waals surface area (Å²) >= 11 is 6.32. The summed E-state index contributed by atoms with van der Waals surface area (Å²) in [6.45, 7) is 0. The number of ether oxygens (including phenoxy) is 1. The molecule has 2 aromatic carbocycles. The molecule has 0 aliphatic carbocycles. The third-order valence-corrected chi connectivity index (χ3v) is 3.81. The summed E-state index contributed by atoms with van der Waals surface area (Å²) in [7, 11) is 1.63. The van der Waals surface area contributed by atoms with E-state index < -0.39 is 5.82 Å². The minimum atomic E-state index is -0.394. The van der Waals surface area contributed by atoms with Crippen molar-refractivity contribution in [2.75, 3.05) is 0 Å². The first kappa shape index (κ1) is 14.6. The molecule has 120 valence electrons. The summed E-state index contributed by atoms with van der Waals surface area (Å²) in [5, 5.41) is 15.6. The molecule has 0 bridgehead atoms. The van der Waals surface area contributed by atoms with Crippen LogP contribution in [0.2, 0.25) is 5.02 Å². The van der Waals surface area contributed by atoms with E-state index in [0.717, 1.165) is 0 Å². The summed E-state index contributed by atoms with van der Waals surface area (Å²) < 4.78 is 26.2. The van der Waals surface area contributed by atoms with Crippen molar-refractivity contribution in [3.8, 4) is 23.0 Å². The molecular formula is C15H9ClFN5O2. The first-order chi connectivity index (χ1) is 11.6. The average molecular weight is 346 g/mol. The summed E-state index contributed by atoms with van der Waals surface area (Å²) in [4.78, 5) is 0. The van der Waals surface area contributed by atoms with Crippen molar-refractivity contribution in [3.05, 3.63) is 47.2 Å². The van der Waals surface area contributed by atoms with Gasteiger partial charge in [0.25, 0.3) is 0 Å². The van der Waals surface area contributed by atoms with E-state index in [2.05, 4.69) is 20.7 Å². The molecule has 0 radical (unpaired) electrons. The molecule has 7 nitrogen and oxygen atoms in total. The van der Waals surface area contributed by atoms with Gasteiger partial charge in [0.2, 0.25) is 0 Å². The molecule has 4 aromatic rings. The lowest BCUT2D eigenvalue weighted by Gasteiger charge is -2.05. The smallest absolute Gasteiger partial charge is 0.340 e. The van der Waals surface area contributed by atoms with Crippen molar-refractivity contribution in [1.82, 2.24) is 25.4 Å². The van der Waals surface area contributed by atoms with E-state index in [1.807, 2.05) is 0 Å². The number of aryl methyl sites for hydroxylation is 1. The van der Waals surface area contributed by atoms with Crippen molar-refractivity contribution in [2.24, 2.45) is 7.05 Å². The molecule has 0 N–H and O–H groups in total. The summed E-state index contributed by atoms with van der Waals surface area (Å²) in [5.74, 6) is -0.0902. The highest BCUT2D eigenvalue weighted by Crippen LogP contribution is 2.39. The largest absolute Gasteiger partial charge is 0.422 e. The summed E-state index contributed by atoms with van der Waals surface area (Å²) in [6, 6.07) is 9.80. The first-order valence-corrected chi connectivity index (χ1v) is 7.26. The summed E-state index contributed by atoms with van der Waals surface area (Å²) in [5.41, 5.74) is 0.998. The second-order valence-electron chi connectivity index (χ2n) is 4.95.